The molecule has 5 nitrogen and oxygen atoms in total. The van der Waals surface area contributed by atoms with E-state index in [1.54, 1.807) is 20.0 Å². The highest BCUT2D eigenvalue weighted by Crippen LogP contribution is 2.26. The third kappa shape index (κ3) is 4.22. The molecule has 1 aromatic heterocycles. The number of aryl methyl sites for hydroxylation is 1. The maximum absolute atomic E-state index is 11.4. The number of hydrogen-bond acceptors (Lipinski definition) is 4. The topological polar surface area (TPSA) is 62.7 Å². The van der Waals surface area contributed by atoms with Crippen molar-refractivity contribution in [2.75, 3.05) is 13.2 Å². The van der Waals surface area contributed by atoms with Crippen molar-refractivity contribution in [3.8, 4) is 5.75 Å². The van der Waals surface area contributed by atoms with Gasteiger partial charge in [-0.1, -0.05) is 18.2 Å². The third-order valence-electron chi connectivity index (χ3n) is 4.95. The van der Waals surface area contributed by atoms with Gasteiger partial charge in [-0.05, 0) is 49.9 Å². The van der Waals surface area contributed by atoms with Crippen LogP contribution in [0.25, 0.3) is 0 Å². The van der Waals surface area contributed by atoms with Crippen LogP contribution >= 0.6 is 0 Å². The van der Waals surface area contributed by atoms with E-state index in [1.807, 2.05) is 18.3 Å². The molecular formula is C21H26N2O3. The monoisotopic (exact) mass is 354 g/mol. The summed E-state index contributed by atoms with van der Waals surface area (Å²) in [6.45, 7) is 8.75. The summed E-state index contributed by atoms with van der Waals surface area (Å²) in [5, 5.41) is 9.38. The number of rotatable bonds is 5. The first-order valence-electron chi connectivity index (χ1n) is 8.95. The Labute approximate surface area is 154 Å². The fourth-order valence-electron chi connectivity index (χ4n) is 3.25. The Hall–Kier alpha value is -2.40. The summed E-state index contributed by atoms with van der Waals surface area (Å²) < 4.78 is 5.82. The van der Waals surface area contributed by atoms with Crippen LogP contribution in [0.5, 0.6) is 5.75 Å². The first-order valence-corrected chi connectivity index (χ1v) is 8.95. The molecule has 0 aliphatic carbocycles. The predicted molar refractivity (Wildman–Crippen MR) is 100 cm³/mol. The molecular weight excluding hydrogens is 328 g/mol. The zero-order chi connectivity index (χ0) is 18.7. The van der Waals surface area contributed by atoms with Gasteiger partial charge in [0.2, 0.25) is 0 Å². The SMILES string of the molecule is Cc1ccc(CC(C)(C)C(=O)O)cc1CN1CCOc2ccncc2C1. The van der Waals surface area contributed by atoms with Crippen LogP contribution in [0.2, 0.25) is 0 Å². The molecule has 0 atom stereocenters. The van der Waals surface area contributed by atoms with E-state index < -0.39 is 11.4 Å². The van der Waals surface area contributed by atoms with E-state index >= 15 is 0 Å². The number of aromatic nitrogens is 1. The first-order chi connectivity index (χ1) is 12.3. The lowest BCUT2D eigenvalue weighted by Crippen LogP contribution is -2.27. The second-order valence-corrected chi connectivity index (χ2v) is 7.67. The average Bonchev–Trinajstić information content (AvgIpc) is 2.79. The van der Waals surface area contributed by atoms with Crippen LogP contribution in [0.15, 0.2) is 36.7 Å². The molecule has 2 heterocycles. The highest BCUT2D eigenvalue weighted by Gasteiger charge is 2.27. The van der Waals surface area contributed by atoms with Gasteiger partial charge in [0.15, 0.2) is 0 Å². The molecule has 0 spiro atoms. The molecule has 1 aliphatic rings. The van der Waals surface area contributed by atoms with Crippen LogP contribution < -0.4 is 4.74 Å². The number of hydrogen-bond donors (Lipinski definition) is 1. The molecule has 26 heavy (non-hydrogen) atoms. The van der Waals surface area contributed by atoms with Gasteiger partial charge in [-0.25, -0.2) is 0 Å². The Kier molecular flexibility index (Phi) is 5.28. The van der Waals surface area contributed by atoms with Gasteiger partial charge in [0.05, 0.1) is 5.41 Å². The van der Waals surface area contributed by atoms with Gasteiger partial charge < -0.3 is 9.84 Å². The number of carbonyl (C=O) groups is 1. The number of ether oxygens (including phenoxy) is 1. The van der Waals surface area contributed by atoms with Gasteiger partial charge in [-0.2, -0.15) is 0 Å². The predicted octanol–water partition coefficient (Wildman–Crippen LogP) is 3.44. The minimum Gasteiger partial charge on any atom is -0.492 e. The molecule has 2 aromatic rings. The van der Waals surface area contributed by atoms with Gasteiger partial charge in [0.25, 0.3) is 0 Å². The van der Waals surface area contributed by atoms with E-state index in [2.05, 4.69) is 28.9 Å². The van der Waals surface area contributed by atoms with Crippen molar-refractivity contribution in [1.82, 2.24) is 9.88 Å². The van der Waals surface area contributed by atoms with E-state index in [0.29, 0.717) is 13.0 Å². The summed E-state index contributed by atoms with van der Waals surface area (Å²) in [5.41, 5.74) is 3.85. The Bertz CT molecular complexity index is 802. The Balaban J connectivity index is 1.77. The quantitative estimate of drug-likeness (QED) is 0.891. The standard InChI is InChI=1S/C21H26N2O3/c1-15-4-5-16(11-21(2,3)20(24)25)10-17(15)13-23-8-9-26-19-6-7-22-12-18(19)14-23/h4-7,10,12H,8-9,11,13-14H2,1-3H3,(H,24,25). The van der Waals surface area contributed by atoms with Crippen LogP contribution in [0, 0.1) is 12.3 Å². The molecule has 0 bridgehead atoms. The minimum absolute atomic E-state index is 0.519. The smallest absolute Gasteiger partial charge is 0.309 e. The van der Waals surface area contributed by atoms with Gasteiger partial charge in [-0.3, -0.25) is 14.7 Å². The number of fused-ring (bicyclic) bond motifs is 1. The molecule has 1 N–H and O–H groups in total. The second kappa shape index (κ2) is 7.46. The van der Waals surface area contributed by atoms with E-state index in [-0.39, 0.29) is 0 Å². The van der Waals surface area contributed by atoms with Crippen molar-refractivity contribution in [2.24, 2.45) is 5.41 Å². The lowest BCUT2D eigenvalue weighted by Gasteiger charge is -2.23. The highest BCUT2D eigenvalue weighted by atomic mass is 16.5. The zero-order valence-corrected chi connectivity index (χ0v) is 15.7. The molecule has 0 radical (unpaired) electrons. The van der Waals surface area contributed by atoms with Crippen LogP contribution in [0.1, 0.15) is 36.1 Å². The second-order valence-electron chi connectivity index (χ2n) is 7.67. The summed E-state index contributed by atoms with van der Waals surface area (Å²) in [7, 11) is 0. The number of aliphatic carboxylic acids is 1. The number of carboxylic acids is 1. The summed E-state index contributed by atoms with van der Waals surface area (Å²) in [6, 6.07) is 8.19. The molecule has 5 heteroatoms. The first kappa shape index (κ1) is 18.4. The Morgan fingerprint density at radius 2 is 2.15 bits per heavy atom. The van der Waals surface area contributed by atoms with Gasteiger partial charge in [0, 0.05) is 37.6 Å². The van der Waals surface area contributed by atoms with Crippen molar-refractivity contribution >= 4 is 5.97 Å². The molecule has 138 valence electrons. The van der Waals surface area contributed by atoms with E-state index in [0.717, 1.165) is 36.5 Å². The lowest BCUT2D eigenvalue weighted by molar-refractivity contribution is -0.146. The normalized spacial score (nSPS) is 15.0. The fraction of sp³-hybridized carbons (Fsp3) is 0.429. The summed E-state index contributed by atoms with van der Waals surface area (Å²) in [5.74, 6) is 0.143. The van der Waals surface area contributed by atoms with E-state index in [9.17, 15) is 9.90 Å². The summed E-state index contributed by atoms with van der Waals surface area (Å²) >= 11 is 0. The third-order valence-corrected chi connectivity index (χ3v) is 4.95. The van der Waals surface area contributed by atoms with Gasteiger partial charge in [-0.15, -0.1) is 0 Å². The number of carboxylic acid groups (broad SMARTS) is 1. The molecule has 1 aromatic carbocycles. The fourth-order valence-corrected chi connectivity index (χ4v) is 3.25. The Morgan fingerprint density at radius 1 is 1.35 bits per heavy atom. The maximum atomic E-state index is 11.4. The van der Waals surface area contributed by atoms with Crippen LogP contribution in [-0.2, 0) is 24.3 Å². The molecule has 0 fully saturated rings. The van der Waals surface area contributed by atoms with Crippen molar-refractivity contribution in [1.29, 1.82) is 0 Å². The molecule has 1 aliphatic heterocycles. The van der Waals surface area contributed by atoms with Crippen molar-refractivity contribution in [3.05, 3.63) is 58.9 Å². The molecule has 0 unspecified atom stereocenters. The molecule has 3 rings (SSSR count). The number of pyridine rings is 1. The minimum atomic E-state index is -0.770. The van der Waals surface area contributed by atoms with E-state index in [1.165, 1.54) is 11.1 Å². The maximum Gasteiger partial charge on any atom is 0.309 e. The van der Waals surface area contributed by atoms with Crippen LogP contribution in [0.3, 0.4) is 0 Å². The van der Waals surface area contributed by atoms with Crippen LogP contribution in [0.4, 0.5) is 0 Å². The summed E-state index contributed by atoms with van der Waals surface area (Å²) in [4.78, 5) is 18.0. The lowest BCUT2D eigenvalue weighted by atomic mass is 9.85. The number of benzene rings is 1. The van der Waals surface area contributed by atoms with Gasteiger partial charge in [0.1, 0.15) is 12.4 Å². The molecule has 0 amide bonds. The molecule has 0 saturated heterocycles. The van der Waals surface area contributed by atoms with Crippen molar-refractivity contribution in [3.63, 3.8) is 0 Å². The van der Waals surface area contributed by atoms with E-state index in [4.69, 9.17) is 4.74 Å². The largest absolute Gasteiger partial charge is 0.492 e. The zero-order valence-electron chi connectivity index (χ0n) is 15.7. The highest BCUT2D eigenvalue weighted by molar-refractivity contribution is 5.74. The Morgan fingerprint density at radius 3 is 2.92 bits per heavy atom. The van der Waals surface area contributed by atoms with Gasteiger partial charge >= 0.3 is 5.97 Å². The number of nitrogens with zero attached hydrogens (tertiary/aromatic N) is 2. The average molecular weight is 354 g/mol. The molecule has 0 saturated carbocycles. The summed E-state index contributed by atoms with van der Waals surface area (Å²) in [6.07, 6.45) is 4.14. The van der Waals surface area contributed by atoms with Crippen LogP contribution in [-0.4, -0.2) is 34.1 Å². The van der Waals surface area contributed by atoms with Crippen molar-refractivity contribution in [2.45, 2.75) is 40.3 Å². The van der Waals surface area contributed by atoms with Crippen molar-refractivity contribution < 1.29 is 14.6 Å².